The fraction of sp³-hybridized carbons (Fsp3) is 0.500. The molecule has 16 heavy (non-hydrogen) atoms. The number of nitrogens with one attached hydrogen (secondary N) is 1. The number of thioether (sulfide) groups is 1. The molecule has 0 aliphatic carbocycles. The van der Waals surface area contributed by atoms with Gasteiger partial charge in [0.2, 0.25) is 0 Å². The lowest BCUT2D eigenvalue weighted by Gasteiger charge is -2.12. The highest BCUT2D eigenvalue weighted by atomic mass is 32.2. The largest absolute Gasteiger partial charge is 0.333 e. The lowest BCUT2D eigenvalue weighted by Crippen LogP contribution is -2.13. The minimum absolute atomic E-state index is 0.611. The summed E-state index contributed by atoms with van der Waals surface area (Å²) >= 11 is 1.83. The topological polar surface area (TPSA) is 37.3 Å². The van der Waals surface area contributed by atoms with Gasteiger partial charge in [0, 0.05) is 11.4 Å². The highest BCUT2D eigenvalue weighted by Crippen LogP contribution is 2.28. The molecule has 4 heteroatoms. The van der Waals surface area contributed by atoms with Crippen molar-refractivity contribution in [1.82, 2.24) is 4.98 Å². The fourth-order valence-corrected chi connectivity index (χ4v) is 2.56. The monoisotopic (exact) mass is 235 g/mol. The van der Waals surface area contributed by atoms with Crippen LogP contribution in [0.1, 0.15) is 19.5 Å². The Bertz CT molecular complexity index is 401. The van der Waals surface area contributed by atoms with Crippen LogP contribution in [0.4, 0.5) is 5.69 Å². The van der Waals surface area contributed by atoms with Crippen molar-refractivity contribution in [3.05, 3.63) is 24.0 Å². The molecule has 1 unspecified atom stereocenters. The van der Waals surface area contributed by atoms with E-state index < -0.39 is 0 Å². The zero-order chi connectivity index (χ0) is 11.5. The number of aliphatic imine (C=N–C) groups is 1. The third-order valence-electron chi connectivity index (χ3n) is 2.67. The number of pyridine rings is 1. The Kier molecular flexibility index (Phi) is 3.49. The summed E-state index contributed by atoms with van der Waals surface area (Å²) in [4.78, 5) is 8.76. The summed E-state index contributed by atoms with van der Waals surface area (Å²) in [5.41, 5.74) is 2.07. The third-order valence-corrected chi connectivity index (χ3v) is 4.12. The first kappa shape index (κ1) is 11.5. The van der Waals surface area contributed by atoms with Crippen LogP contribution in [0, 0.1) is 12.8 Å². The van der Waals surface area contributed by atoms with Gasteiger partial charge in [-0.2, -0.15) is 0 Å². The van der Waals surface area contributed by atoms with Crippen LogP contribution in [-0.4, -0.2) is 21.9 Å². The Morgan fingerprint density at radius 3 is 2.94 bits per heavy atom. The number of nitrogens with zero attached hydrogens (tertiary/aromatic N) is 2. The normalized spacial score (nSPS) is 20.0. The van der Waals surface area contributed by atoms with Crippen LogP contribution in [-0.2, 0) is 0 Å². The number of aryl methyl sites for hydroxylation is 1. The van der Waals surface area contributed by atoms with E-state index in [1.54, 1.807) is 6.20 Å². The van der Waals surface area contributed by atoms with Crippen molar-refractivity contribution in [2.24, 2.45) is 10.9 Å². The summed E-state index contributed by atoms with van der Waals surface area (Å²) in [7, 11) is 0. The minimum atomic E-state index is 0.611. The highest BCUT2D eigenvalue weighted by molar-refractivity contribution is 8.15. The van der Waals surface area contributed by atoms with Crippen LogP contribution in [0.15, 0.2) is 23.3 Å². The van der Waals surface area contributed by atoms with Gasteiger partial charge in [-0.3, -0.25) is 9.98 Å². The number of amidine groups is 1. The molecule has 0 saturated heterocycles. The lowest BCUT2D eigenvalue weighted by molar-refractivity contribution is 0.621. The average Bonchev–Trinajstić information content (AvgIpc) is 2.70. The molecule has 0 aromatic carbocycles. The zero-order valence-corrected chi connectivity index (χ0v) is 10.7. The maximum absolute atomic E-state index is 4.52. The maximum Gasteiger partial charge on any atom is 0.161 e. The Labute approximate surface area is 101 Å². The van der Waals surface area contributed by atoms with E-state index in [4.69, 9.17) is 0 Å². The van der Waals surface area contributed by atoms with Gasteiger partial charge in [-0.05, 0) is 25.0 Å². The van der Waals surface area contributed by atoms with Crippen LogP contribution >= 0.6 is 11.8 Å². The molecule has 1 aromatic heterocycles. The number of rotatable bonds is 2. The van der Waals surface area contributed by atoms with Gasteiger partial charge in [0.05, 0.1) is 17.9 Å². The fourth-order valence-electron chi connectivity index (χ4n) is 1.54. The van der Waals surface area contributed by atoms with E-state index in [0.29, 0.717) is 11.2 Å². The van der Waals surface area contributed by atoms with E-state index in [2.05, 4.69) is 29.1 Å². The SMILES string of the molecule is Cc1ncccc1NC1=NCC(C(C)C)S1. The molecule has 86 valence electrons. The van der Waals surface area contributed by atoms with E-state index in [0.717, 1.165) is 23.1 Å². The van der Waals surface area contributed by atoms with Gasteiger partial charge < -0.3 is 5.32 Å². The van der Waals surface area contributed by atoms with Crippen molar-refractivity contribution in [3.63, 3.8) is 0 Å². The molecule has 1 aliphatic rings. The van der Waals surface area contributed by atoms with Gasteiger partial charge in [0.1, 0.15) is 0 Å². The predicted molar refractivity (Wildman–Crippen MR) is 71.1 cm³/mol. The van der Waals surface area contributed by atoms with Crippen molar-refractivity contribution in [3.8, 4) is 0 Å². The molecule has 2 heterocycles. The van der Waals surface area contributed by atoms with Gasteiger partial charge in [-0.15, -0.1) is 0 Å². The molecule has 0 bridgehead atoms. The molecular formula is C12H17N3S. The molecule has 3 nitrogen and oxygen atoms in total. The second kappa shape index (κ2) is 4.87. The smallest absolute Gasteiger partial charge is 0.161 e. The van der Waals surface area contributed by atoms with Gasteiger partial charge in [0.15, 0.2) is 5.17 Å². The second-order valence-electron chi connectivity index (χ2n) is 4.31. The molecule has 1 aromatic rings. The first-order valence-electron chi connectivity index (χ1n) is 5.56. The molecule has 1 aliphatic heterocycles. The molecule has 0 radical (unpaired) electrons. The Hall–Kier alpha value is -1.03. The van der Waals surface area contributed by atoms with E-state index >= 15 is 0 Å². The van der Waals surface area contributed by atoms with Crippen LogP contribution < -0.4 is 5.32 Å². The van der Waals surface area contributed by atoms with Crippen molar-refractivity contribution >= 4 is 22.6 Å². The standard InChI is InChI=1S/C12H17N3S/c1-8(2)11-7-14-12(16-11)15-10-5-4-6-13-9(10)3/h4-6,8,11H,7H2,1-3H3,(H,14,15). The maximum atomic E-state index is 4.52. The van der Waals surface area contributed by atoms with Crippen LogP contribution in [0.2, 0.25) is 0 Å². The summed E-state index contributed by atoms with van der Waals surface area (Å²) < 4.78 is 0. The minimum Gasteiger partial charge on any atom is -0.333 e. The van der Waals surface area contributed by atoms with Crippen LogP contribution in [0.5, 0.6) is 0 Å². The molecule has 2 rings (SSSR count). The second-order valence-corrected chi connectivity index (χ2v) is 5.54. The van der Waals surface area contributed by atoms with E-state index in [1.165, 1.54) is 0 Å². The van der Waals surface area contributed by atoms with Gasteiger partial charge >= 0.3 is 0 Å². The molecule has 1 atom stereocenters. The first-order chi connectivity index (χ1) is 7.66. The van der Waals surface area contributed by atoms with Gasteiger partial charge in [0.25, 0.3) is 0 Å². The highest BCUT2D eigenvalue weighted by Gasteiger charge is 2.22. The number of aromatic nitrogens is 1. The molecule has 0 fully saturated rings. The summed E-state index contributed by atoms with van der Waals surface area (Å²) in [6.45, 7) is 7.41. The van der Waals surface area contributed by atoms with Crippen molar-refractivity contribution in [1.29, 1.82) is 0 Å². The van der Waals surface area contributed by atoms with E-state index in [1.807, 2.05) is 30.8 Å². The Balaban J connectivity index is 2.00. The summed E-state index contributed by atoms with van der Waals surface area (Å²) in [5.74, 6) is 0.669. The van der Waals surface area contributed by atoms with Crippen molar-refractivity contribution in [2.45, 2.75) is 26.0 Å². The third kappa shape index (κ3) is 2.55. The number of hydrogen-bond donors (Lipinski definition) is 1. The van der Waals surface area contributed by atoms with Gasteiger partial charge in [-0.25, -0.2) is 0 Å². The van der Waals surface area contributed by atoms with Crippen molar-refractivity contribution in [2.75, 3.05) is 11.9 Å². The van der Waals surface area contributed by atoms with Crippen LogP contribution in [0.25, 0.3) is 0 Å². The summed E-state index contributed by atoms with van der Waals surface area (Å²) in [6, 6.07) is 3.98. The average molecular weight is 235 g/mol. The number of hydrogen-bond acceptors (Lipinski definition) is 4. The summed E-state index contributed by atoms with van der Waals surface area (Å²) in [6.07, 6.45) is 1.81. The van der Waals surface area contributed by atoms with Crippen molar-refractivity contribution < 1.29 is 0 Å². The van der Waals surface area contributed by atoms with E-state index in [-0.39, 0.29) is 0 Å². The van der Waals surface area contributed by atoms with Crippen LogP contribution in [0.3, 0.4) is 0 Å². The molecule has 0 spiro atoms. The van der Waals surface area contributed by atoms with Gasteiger partial charge in [-0.1, -0.05) is 25.6 Å². The summed E-state index contributed by atoms with van der Waals surface area (Å²) in [5, 5.41) is 4.98. The Morgan fingerprint density at radius 2 is 2.31 bits per heavy atom. The Morgan fingerprint density at radius 1 is 1.50 bits per heavy atom. The molecule has 0 saturated carbocycles. The molecule has 1 N–H and O–H groups in total. The molecule has 0 amide bonds. The first-order valence-corrected chi connectivity index (χ1v) is 6.44. The van der Waals surface area contributed by atoms with E-state index in [9.17, 15) is 0 Å². The quantitative estimate of drug-likeness (QED) is 0.856. The lowest BCUT2D eigenvalue weighted by atomic mass is 10.1. The number of anilines is 1. The predicted octanol–water partition coefficient (Wildman–Crippen LogP) is 2.93. The molecular weight excluding hydrogens is 218 g/mol. The zero-order valence-electron chi connectivity index (χ0n) is 9.90.